The van der Waals surface area contributed by atoms with E-state index in [0.29, 0.717) is 18.8 Å². The molecule has 4 rings (SSSR count). The molecular formula is C19H19FN4OS2. The summed E-state index contributed by atoms with van der Waals surface area (Å²) in [7, 11) is 0. The van der Waals surface area contributed by atoms with Gasteiger partial charge in [-0.15, -0.1) is 11.8 Å². The van der Waals surface area contributed by atoms with Crippen molar-refractivity contribution in [1.29, 1.82) is 0 Å². The second-order valence-electron chi connectivity index (χ2n) is 6.21. The monoisotopic (exact) mass is 402 g/mol. The maximum Gasteiger partial charge on any atom is 0.321 e. The minimum atomic E-state index is -0.318. The molecule has 27 heavy (non-hydrogen) atoms. The molecule has 1 aromatic heterocycles. The summed E-state index contributed by atoms with van der Waals surface area (Å²) in [5, 5.41) is 3.82. The number of thioether (sulfide) groups is 1. The smallest absolute Gasteiger partial charge is 0.321 e. The zero-order valence-corrected chi connectivity index (χ0v) is 16.4. The Kier molecular flexibility index (Phi) is 5.18. The second-order valence-corrected chi connectivity index (χ2v) is 8.07. The van der Waals surface area contributed by atoms with Crippen LogP contribution in [0.3, 0.4) is 0 Å². The van der Waals surface area contributed by atoms with E-state index < -0.39 is 0 Å². The first-order valence-corrected chi connectivity index (χ1v) is 10.7. The van der Waals surface area contributed by atoms with Crippen molar-refractivity contribution in [3.8, 4) is 0 Å². The van der Waals surface area contributed by atoms with E-state index in [4.69, 9.17) is 4.98 Å². The predicted octanol–water partition coefficient (Wildman–Crippen LogP) is 4.51. The highest BCUT2D eigenvalue weighted by atomic mass is 32.2. The van der Waals surface area contributed by atoms with Gasteiger partial charge in [-0.25, -0.2) is 14.2 Å². The summed E-state index contributed by atoms with van der Waals surface area (Å²) >= 11 is 3.40. The van der Waals surface area contributed by atoms with Crippen molar-refractivity contribution in [2.24, 2.45) is 0 Å². The molecule has 0 bridgehead atoms. The molecule has 0 radical (unpaired) electrons. The number of fused-ring (bicyclic) bond motifs is 1. The van der Waals surface area contributed by atoms with Crippen LogP contribution in [0.1, 0.15) is 0 Å². The van der Waals surface area contributed by atoms with Gasteiger partial charge < -0.3 is 15.1 Å². The zero-order valence-electron chi connectivity index (χ0n) is 14.8. The molecule has 1 aliphatic rings. The van der Waals surface area contributed by atoms with Crippen LogP contribution in [-0.2, 0) is 0 Å². The van der Waals surface area contributed by atoms with E-state index in [1.807, 2.05) is 0 Å². The average Bonchev–Trinajstić information content (AvgIpc) is 3.14. The Hall–Kier alpha value is -2.32. The van der Waals surface area contributed by atoms with Crippen LogP contribution in [0.25, 0.3) is 10.2 Å². The number of anilines is 2. The van der Waals surface area contributed by atoms with E-state index in [1.54, 1.807) is 40.1 Å². The van der Waals surface area contributed by atoms with Gasteiger partial charge in [0.2, 0.25) is 0 Å². The highest BCUT2D eigenvalue weighted by molar-refractivity contribution is 7.98. The first kappa shape index (κ1) is 18.1. The molecule has 0 saturated carbocycles. The largest absolute Gasteiger partial charge is 0.345 e. The minimum absolute atomic E-state index is 0.157. The number of carbonyl (C=O) groups excluding carboxylic acids is 1. The lowest BCUT2D eigenvalue weighted by Gasteiger charge is -2.34. The molecule has 1 aliphatic heterocycles. The van der Waals surface area contributed by atoms with Crippen LogP contribution < -0.4 is 10.2 Å². The second kappa shape index (κ2) is 7.74. The van der Waals surface area contributed by atoms with Gasteiger partial charge in [0.25, 0.3) is 0 Å². The molecule has 2 heterocycles. The lowest BCUT2D eigenvalue weighted by Crippen LogP contribution is -2.50. The third kappa shape index (κ3) is 3.86. The van der Waals surface area contributed by atoms with E-state index in [1.165, 1.54) is 21.7 Å². The van der Waals surface area contributed by atoms with E-state index in [0.717, 1.165) is 23.7 Å². The summed E-state index contributed by atoms with van der Waals surface area (Å²) < 4.78 is 14.2. The van der Waals surface area contributed by atoms with Gasteiger partial charge in [-0.05, 0) is 42.7 Å². The number of halogens is 1. The Bertz CT molecular complexity index is 952. The van der Waals surface area contributed by atoms with Gasteiger partial charge >= 0.3 is 6.03 Å². The highest BCUT2D eigenvalue weighted by Crippen LogP contribution is 2.34. The number of nitrogens with zero attached hydrogens (tertiary/aromatic N) is 3. The van der Waals surface area contributed by atoms with E-state index in [9.17, 15) is 9.18 Å². The van der Waals surface area contributed by atoms with Crippen LogP contribution in [-0.4, -0.2) is 48.3 Å². The molecule has 1 fully saturated rings. The Balaban J connectivity index is 1.40. The Labute approximate surface area is 165 Å². The van der Waals surface area contributed by atoms with Gasteiger partial charge in [0.1, 0.15) is 5.82 Å². The highest BCUT2D eigenvalue weighted by Gasteiger charge is 2.23. The fraction of sp³-hybridized carbons (Fsp3) is 0.263. The number of amides is 2. The number of carbonyl (C=O) groups is 1. The first-order valence-electron chi connectivity index (χ1n) is 8.64. The Morgan fingerprint density at radius 1 is 1.15 bits per heavy atom. The fourth-order valence-corrected chi connectivity index (χ4v) is 4.72. The third-order valence-electron chi connectivity index (χ3n) is 4.52. The summed E-state index contributed by atoms with van der Waals surface area (Å²) in [6.07, 6.45) is 2.06. The maximum atomic E-state index is 13.0. The summed E-state index contributed by atoms with van der Waals surface area (Å²) in [6.45, 7) is 2.73. The van der Waals surface area contributed by atoms with Gasteiger partial charge in [-0.3, -0.25) is 0 Å². The molecule has 0 atom stereocenters. The molecule has 3 aromatic rings. The van der Waals surface area contributed by atoms with Crippen molar-refractivity contribution < 1.29 is 9.18 Å². The fourth-order valence-electron chi connectivity index (χ4n) is 3.05. The third-order valence-corrected chi connectivity index (χ3v) is 6.37. The van der Waals surface area contributed by atoms with Crippen LogP contribution in [0.2, 0.25) is 0 Å². The van der Waals surface area contributed by atoms with E-state index >= 15 is 0 Å². The quantitative estimate of drug-likeness (QED) is 0.655. The van der Waals surface area contributed by atoms with Gasteiger partial charge in [0.05, 0.1) is 10.2 Å². The molecule has 1 saturated heterocycles. The molecule has 1 N–H and O–H groups in total. The maximum absolute atomic E-state index is 13.0. The summed E-state index contributed by atoms with van der Waals surface area (Å²) in [4.78, 5) is 22.4. The van der Waals surface area contributed by atoms with Crippen LogP contribution in [0.4, 0.5) is 20.0 Å². The molecule has 140 valence electrons. The van der Waals surface area contributed by atoms with Crippen LogP contribution in [0.15, 0.2) is 47.4 Å². The zero-order chi connectivity index (χ0) is 18.8. The molecule has 8 heteroatoms. The number of thiazole rings is 1. The SMILES string of the molecule is CSc1cccc2sc(N3CCN(C(=O)Nc4ccc(F)cc4)CC3)nc12. The molecule has 0 aliphatic carbocycles. The van der Waals surface area contributed by atoms with E-state index in [2.05, 4.69) is 34.7 Å². The molecule has 0 unspecified atom stereocenters. The predicted molar refractivity (Wildman–Crippen MR) is 111 cm³/mol. The lowest BCUT2D eigenvalue weighted by molar-refractivity contribution is 0.208. The number of rotatable bonds is 3. The number of hydrogen-bond acceptors (Lipinski definition) is 5. The molecular weight excluding hydrogens is 383 g/mol. The minimum Gasteiger partial charge on any atom is -0.345 e. The number of hydrogen-bond donors (Lipinski definition) is 1. The number of aromatic nitrogens is 1. The Morgan fingerprint density at radius 3 is 2.59 bits per heavy atom. The van der Waals surface area contributed by atoms with Gasteiger partial charge in [-0.1, -0.05) is 17.4 Å². The molecule has 2 aromatic carbocycles. The van der Waals surface area contributed by atoms with E-state index in [-0.39, 0.29) is 11.8 Å². The van der Waals surface area contributed by atoms with Crippen LogP contribution in [0, 0.1) is 5.82 Å². The lowest BCUT2D eigenvalue weighted by atomic mass is 10.3. The van der Waals surface area contributed by atoms with Crippen molar-refractivity contribution in [3.63, 3.8) is 0 Å². The molecule has 2 amide bonds. The first-order chi connectivity index (χ1) is 13.1. The molecule has 5 nitrogen and oxygen atoms in total. The van der Waals surface area contributed by atoms with Gasteiger partial charge in [-0.2, -0.15) is 0 Å². The standard InChI is InChI=1S/C19H19FN4OS2/c1-26-15-3-2-4-16-17(15)22-19(27-16)24-11-9-23(10-12-24)18(25)21-14-7-5-13(20)6-8-14/h2-8H,9-12H2,1H3,(H,21,25). The van der Waals surface area contributed by atoms with Crippen molar-refractivity contribution in [2.45, 2.75) is 4.90 Å². The number of nitrogens with one attached hydrogen (secondary N) is 1. The van der Waals surface area contributed by atoms with Crippen LogP contribution in [0.5, 0.6) is 0 Å². The summed E-state index contributed by atoms with van der Waals surface area (Å²) in [5.41, 5.74) is 1.65. The molecule has 0 spiro atoms. The number of benzene rings is 2. The van der Waals surface area contributed by atoms with Crippen molar-refractivity contribution >= 4 is 50.2 Å². The summed E-state index contributed by atoms with van der Waals surface area (Å²) in [5.74, 6) is -0.318. The number of piperazine rings is 1. The normalized spacial score (nSPS) is 14.6. The van der Waals surface area contributed by atoms with Crippen molar-refractivity contribution in [1.82, 2.24) is 9.88 Å². The van der Waals surface area contributed by atoms with Gasteiger partial charge in [0, 0.05) is 36.8 Å². The average molecular weight is 403 g/mol. The summed E-state index contributed by atoms with van der Waals surface area (Å²) in [6, 6.07) is 11.9. The Morgan fingerprint density at radius 2 is 1.89 bits per heavy atom. The number of urea groups is 1. The number of para-hydroxylation sites is 1. The topological polar surface area (TPSA) is 48.5 Å². The van der Waals surface area contributed by atoms with Crippen molar-refractivity contribution in [2.75, 3.05) is 42.7 Å². The van der Waals surface area contributed by atoms with Crippen LogP contribution >= 0.6 is 23.1 Å². The van der Waals surface area contributed by atoms with Gasteiger partial charge in [0.15, 0.2) is 5.13 Å². The van der Waals surface area contributed by atoms with Crippen molar-refractivity contribution in [3.05, 3.63) is 48.3 Å².